The first-order valence-corrected chi connectivity index (χ1v) is 7.87. The maximum atomic E-state index is 12.2. The Bertz CT molecular complexity index is 999. The normalized spacial score (nSPS) is 10.5. The van der Waals surface area contributed by atoms with Crippen LogP contribution in [-0.2, 0) is 0 Å². The van der Waals surface area contributed by atoms with Gasteiger partial charge < -0.3 is 4.42 Å². The molecule has 1 aromatic carbocycles. The molecule has 0 spiro atoms. The van der Waals surface area contributed by atoms with E-state index < -0.39 is 27.1 Å². The SMILES string of the molecule is O=C(Nc1nnc(-c2ccc(Cl)s2)o1)c1cc([N+](=O)[O-])cc([N+](=O)[O-])c1. The second kappa shape index (κ2) is 6.85. The van der Waals surface area contributed by atoms with E-state index in [1.807, 2.05) is 0 Å². The Balaban J connectivity index is 1.85. The fourth-order valence-electron chi connectivity index (χ4n) is 1.91. The summed E-state index contributed by atoms with van der Waals surface area (Å²) in [6.07, 6.45) is 0. The average molecular weight is 396 g/mol. The third-order valence-electron chi connectivity index (χ3n) is 3.02. The van der Waals surface area contributed by atoms with Gasteiger partial charge in [0, 0.05) is 12.1 Å². The van der Waals surface area contributed by atoms with Crippen molar-refractivity contribution in [2.24, 2.45) is 0 Å². The third kappa shape index (κ3) is 3.65. The van der Waals surface area contributed by atoms with Crippen molar-refractivity contribution in [1.29, 1.82) is 0 Å². The van der Waals surface area contributed by atoms with Gasteiger partial charge in [0.05, 0.1) is 30.7 Å². The van der Waals surface area contributed by atoms with Crippen molar-refractivity contribution < 1.29 is 19.1 Å². The Morgan fingerprint density at radius 2 is 1.77 bits per heavy atom. The monoisotopic (exact) mass is 395 g/mol. The van der Waals surface area contributed by atoms with E-state index in [9.17, 15) is 25.0 Å². The molecule has 0 saturated carbocycles. The number of hydrogen-bond acceptors (Lipinski definition) is 9. The molecule has 1 N–H and O–H groups in total. The van der Waals surface area contributed by atoms with Crippen LogP contribution in [0.15, 0.2) is 34.7 Å². The second-order valence-corrected chi connectivity index (χ2v) is 6.44. The van der Waals surface area contributed by atoms with Crippen LogP contribution in [0.2, 0.25) is 4.34 Å². The van der Waals surface area contributed by atoms with Crippen molar-refractivity contribution >= 4 is 46.2 Å². The zero-order chi connectivity index (χ0) is 18.8. The first kappa shape index (κ1) is 17.4. The van der Waals surface area contributed by atoms with Gasteiger partial charge in [-0.05, 0) is 12.1 Å². The summed E-state index contributed by atoms with van der Waals surface area (Å²) in [6.45, 7) is 0. The summed E-state index contributed by atoms with van der Waals surface area (Å²) >= 11 is 7.00. The topological polar surface area (TPSA) is 154 Å². The molecule has 2 heterocycles. The van der Waals surface area contributed by atoms with E-state index in [1.165, 1.54) is 11.3 Å². The molecule has 0 aliphatic heterocycles. The number of carbonyl (C=O) groups is 1. The van der Waals surface area contributed by atoms with E-state index in [-0.39, 0.29) is 17.5 Å². The largest absolute Gasteiger partial charge is 0.402 e. The molecule has 0 radical (unpaired) electrons. The van der Waals surface area contributed by atoms with Crippen LogP contribution in [-0.4, -0.2) is 26.0 Å². The van der Waals surface area contributed by atoms with E-state index in [1.54, 1.807) is 12.1 Å². The van der Waals surface area contributed by atoms with E-state index in [0.29, 0.717) is 9.21 Å². The highest BCUT2D eigenvalue weighted by Crippen LogP contribution is 2.31. The van der Waals surface area contributed by atoms with Crippen LogP contribution in [0.3, 0.4) is 0 Å². The van der Waals surface area contributed by atoms with Crippen molar-refractivity contribution in [1.82, 2.24) is 10.2 Å². The number of amides is 1. The number of anilines is 1. The number of carbonyl (C=O) groups excluding carboxylic acids is 1. The number of aromatic nitrogens is 2. The summed E-state index contributed by atoms with van der Waals surface area (Å²) in [4.78, 5) is 32.9. The number of hydrogen-bond donors (Lipinski definition) is 1. The highest BCUT2D eigenvalue weighted by atomic mass is 35.5. The maximum absolute atomic E-state index is 12.2. The molecule has 3 aromatic rings. The molecular formula is C13H6ClN5O6S. The maximum Gasteiger partial charge on any atom is 0.322 e. The number of rotatable bonds is 5. The first-order chi connectivity index (χ1) is 12.3. The molecule has 3 rings (SSSR count). The number of benzene rings is 1. The zero-order valence-corrected chi connectivity index (χ0v) is 14.0. The van der Waals surface area contributed by atoms with Crippen molar-refractivity contribution in [3.05, 3.63) is 60.5 Å². The summed E-state index contributed by atoms with van der Waals surface area (Å²) in [6, 6.07) is 5.56. The number of nitro groups is 2. The second-order valence-electron chi connectivity index (χ2n) is 4.72. The van der Waals surface area contributed by atoms with Gasteiger partial charge >= 0.3 is 6.01 Å². The number of halogens is 1. The Morgan fingerprint density at radius 1 is 1.12 bits per heavy atom. The molecule has 0 unspecified atom stereocenters. The van der Waals surface area contributed by atoms with E-state index in [2.05, 4.69) is 15.5 Å². The predicted molar refractivity (Wildman–Crippen MR) is 90.3 cm³/mol. The first-order valence-electron chi connectivity index (χ1n) is 6.68. The Kier molecular flexibility index (Phi) is 4.60. The lowest BCUT2D eigenvalue weighted by atomic mass is 10.1. The summed E-state index contributed by atoms with van der Waals surface area (Å²) in [5.41, 5.74) is -1.49. The van der Waals surface area contributed by atoms with Crippen LogP contribution in [0.25, 0.3) is 10.8 Å². The summed E-state index contributed by atoms with van der Waals surface area (Å²) in [7, 11) is 0. The van der Waals surface area contributed by atoms with Crippen molar-refractivity contribution in [3.8, 4) is 10.8 Å². The molecular weight excluding hydrogens is 390 g/mol. The van der Waals surface area contributed by atoms with Crippen molar-refractivity contribution in [3.63, 3.8) is 0 Å². The lowest BCUT2D eigenvalue weighted by Crippen LogP contribution is -2.13. The number of nitrogens with one attached hydrogen (secondary N) is 1. The molecule has 0 saturated heterocycles. The summed E-state index contributed by atoms with van der Waals surface area (Å²) in [5, 5.41) is 31.3. The molecule has 0 aliphatic carbocycles. The zero-order valence-electron chi connectivity index (χ0n) is 12.4. The molecule has 26 heavy (non-hydrogen) atoms. The fourth-order valence-corrected chi connectivity index (χ4v) is 2.87. The van der Waals surface area contributed by atoms with Gasteiger partial charge in [0.25, 0.3) is 23.2 Å². The Morgan fingerprint density at radius 3 is 2.31 bits per heavy atom. The Labute approximate surface area is 152 Å². The molecule has 11 nitrogen and oxygen atoms in total. The quantitative estimate of drug-likeness (QED) is 0.508. The number of non-ortho nitro benzene ring substituents is 2. The molecule has 132 valence electrons. The molecule has 0 aliphatic rings. The fraction of sp³-hybridized carbons (Fsp3) is 0. The lowest BCUT2D eigenvalue weighted by molar-refractivity contribution is -0.394. The molecule has 0 atom stereocenters. The van der Waals surface area contributed by atoms with Crippen LogP contribution in [0.1, 0.15) is 10.4 Å². The Hall–Kier alpha value is -3.38. The van der Waals surface area contributed by atoms with Gasteiger partial charge in [-0.25, -0.2) is 0 Å². The minimum absolute atomic E-state index is 0.113. The van der Waals surface area contributed by atoms with E-state index >= 15 is 0 Å². The van der Waals surface area contributed by atoms with Crippen LogP contribution >= 0.6 is 22.9 Å². The number of thiophene rings is 1. The van der Waals surface area contributed by atoms with Gasteiger partial charge in [-0.2, -0.15) is 0 Å². The smallest absolute Gasteiger partial charge is 0.322 e. The van der Waals surface area contributed by atoms with Crippen LogP contribution in [0.4, 0.5) is 17.4 Å². The minimum Gasteiger partial charge on any atom is -0.402 e. The van der Waals surface area contributed by atoms with E-state index in [0.717, 1.165) is 18.2 Å². The highest BCUT2D eigenvalue weighted by molar-refractivity contribution is 7.19. The van der Waals surface area contributed by atoms with Gasteiger partial charge in [0.2, 0.25) is 0 Å². The van der Waals surface area contributed by atoms with Gasteiger partial charge in [0.15, 0.2) is 0 Å². The number of nitrogens with zero attached hydrogens (tertiary/aromatic N) is 4. The summed E-state index contributed by atoms with van der Waals surface area (Å²) < 4.78 is 5.77. The van der Waals surface area contributed by atoms with Crippen LogP contribution < -0.4 is 5.32 Å². The molecule has 1 amide bonds. The summed E-state index contributed by atoms with van der Waals surface area (Å²) in [5.74, 6) is -0.765. The average Bonchev–Trinajstić information content (AvgIpc) is 3.23. The standard InChI is InChI=1S/C13H6ClN5O6S/c14-10-2-1-9(26-10)12-16-17-13(25-12)15-11(20)6-3-7(18(21)22)5-8(4-6)19(23)24/h1-5H,(H,15,17,20). The van der Waals surface area contributed by atoms with Gasteiger partial charge in [0.1, 0.15) is 0 Å². The van der Waals surface area contributed by atoms with Gasteiger partial charge in [-0.3, -0.25) is 30.3 Å². The molecule has 13 heteroatoms. The van der Waals surface area contributed by atoms with Crippen LogP contribution in [0.5, 0.6) is 0 Å². The third-order valence-corrected chi connectivity index (χ3v) is 4.23. The van der Waals surface area contributed by atoms with Crippen molar-refractivity contribution in [2.45, 2.75) is 0 Å². The predicted octanol–water partition coefficient (Wildman–Crippen LogP) is 3.52. The highest BCUT2D eigenvalue weighted by Gasteiger charge is 2.21. The minimum atomic E-state index is -0.879. The van der Waals surface area contributed by atoms with Crippen LogP contribution in [0, 0.1) is 20.2 Å². The molecule has 2 aromatic heterocycles. The lowest BCUT2D eigenvalue weighted by Gasteiger charge is -2.01. The molecule has 0 fully saturated rings. The van der Waals surface area contributed by atoms with E-state index in [4.69, 9.17) is 16.0 Å². The number of nitro benzene ring substituents is 2. The van der Waals surface area contributed by atoms with Crippen molar-refractivity contribution in [2.75, 3.05) is 5.32 Å². The molecule has 0 bridgehead atoms. The van der Waals surface area contributed by atoms with Gasteiger partial charge in [-0.15, -0.1) is 16.4 Å². The van der Waals surface area contributed by atoms with Gasteiger partial charge in [-0.1, -0.05) is 16.7 Å².